The molecule has 3 N–H and O–H groups in total. The third-order valence-electron chi connectivity index (χ3n) is 10.9. The van der Waals surface area contributed by atoms with Crippen LogP contribution in [0.4, 0.5) is 0 Å². The van der Waals surface area contributed by atoms with Crippen molar-refractivity contribution in [2.75, 3.05) is 6.61 Å². The molecule has 12 nitrogen and oxygen atoms in total. The van der Waals surface area contributed by atoms with Gasteiger partial charge in [0.05, 0.1) is 6.61 Å². The summed E-state index contributed by atoms with van der Waals surface area (Å²) >= 11 is 0. The average Bonchev–Trinajstić information content (AvgIpc) is 3.36. The van der Waals surface area contributed by atoms with Gasteiger partial charge in [-0.05, 0) is 54.4 Å². The summed E-state index contributed by atoms with van der Waals surface area (Å²) in [4.78, 5) is 35.6. The van der Waals surface area contributed by atoms with Crippen molar-refractivity contribution < 1.29 is 32.6 Å². The molecule has 0 aromatic carbocycles. The minimum atomic E-state index is -2.43. The van der Waals surface area contributed by atoms with Gasteiger partial charge < -0.3 is 23.7 Å². The second-order valence-corrected chi connectivity index (χ2v) is 31.6. The van der Waals surface area contributed by atoms with Crippen LogP contribution in [0.2, 0.25) is 54.4 Å². The fourth-order valence-electron chi connectivity index (χ4n) is 4.96. The summed E-state index contributed by atoms with van der Waals surface area (Å²) in [6, 6.07) is 0. The third kappa shape index (κ3) is 5.94. The van der Waals surface area contributed by atoms with Crippen LogP contribution < -0.4 is 11.1 Å². The smallest absolute Gasteiger partial charge is 0.307 e. The molecule has 6 atom stereocenters. The van der Waals surface area contributed by atoms with E-state index in [9.17, 15) is 4.79 Å². The quantitative estimate of drug-likeness (QED) is 0.270. The molecule has 1 amide bonds. The molecule has 2 saturated heterocycles. The fraction of sp³-hybridized carbons (Fsp3) is 0.897. The number of fused-ring (bicyclic) bond motifs is 1. The van der Waals surface area contributed by atoms with E-state index in [-0.39, 0.29) is 26.8 Å². The van der Waals surface area contributed by atoms with Crippen LogP contribution in [-0.4, -0.2) is 90.3 Å². The molecular weight excluding hydrogens is 615 g/mol. The summed E-state index contributed by atoms with van der Waals surface area (Å²) in [6.07, 6.45) is -2.39. The highest BCUT2D eigenvalue weighted by Gasteiger charge is 2.74. The van der Waals surface area contributed by atoms with Gasteiger partial charge in [0.25, 0.3) is 11.8 Å². The first-order valence-electron chi connectivity index (χ1n) is 15.7. The molecular formula is C29H57N5O7Si3. The monoisotopic (exact) mass is 671 g/mol. The maximum absolute atomic E-state index is 13.1. The van der Waals surface area contributed by atoms with Gasteiger partial charge >= 0.3 is 5.85 Å². The standard InChI is InChI=1S/C29H57N5O7Si3/c1-25(2,3)42(11,12)36-17-18-19(38-43(13,14)26(4,5)6)20(39-44(15,16)27(7,8)9)23(37-18)34-28(10)32-21-22(35)31-24(30)33-29(21,34)41-40-28/h18-20,23H,17H2,1-16H3,(H3,30,31,33,35)/t18-,19-,20-,23-,28+,29+/m1/s1. The number of nitrogens with two attached hydrogens (primary N) is 1. The predicted octanol–water partition coefficient (Wildman–Crippen LogP) is 5.00. The molecule has 252 valence electrons. The molecule has 0 saturated carbocycles. The Balaban J connectivity index is 1.85. The lowest BCUT2D eigenvalue weighted by molar-refractivity contribution is -0.339. The summed E-state index contributed by atoms with van der Waals surface area (Å²) in [6.45, 7) is 35.3. The van der Waals surface area contributed by atoms with Crippen molar-refractivity contribution >= 4 is 42.5 Å². The van der Waals surface area contributed by atoms with Crippen LogP contribution in [0.15, 0.2) is 9.98 Å². The molecule has 4 rings (SSSR count). The zero-order valence-corrected chi connectivity index (χ0v) is 32.8. The molecule has 0 radical (unpaired) electrons. The topological polar surface area (TPSA) is 138 Å². The fourth-order valence-corrected chi connectivity index (χ4v) is 8.58. The van der Waals surface area contributed by atoms with Crippen LogP contribution in [0, 0.1) is 0 Å². The Kier molecular flexibility index (Phi) is 8.75. The Hall–Kier alpha value is -1.02. The highest BCUT2D eigenvalue weighted by Crippen LogP contribution is 2.52. The van der Waals surface area contributed by atoms with E-state index in [0.717, 1.165) is 0 Å². The zero-order chi connectivity index (χ0) is 33.7. The van der Waals surface area contributed by atoms with Gasteiger partial charge in [0.2, 0.25) is 0 Å². The number of hydrogen-bond donors (Lipinski definition) is 2. The van der Waals surface area contributed by atoms with Gasteiger partial charge in [-0.25, -0.2) is 4.99 Å². The summed E-state index contributed by atoms with van der Waals surface area (Å²) in [7, 11) is -6.95. The number of amides is 1. The Labute approximate surface area is 267 Å². The highest BCUT2D eigenvalue weighted by atomic mass is 28.4. The average molecular weight is 672 g/mol. The molecule has 2 fully saturated rings. The first kappa shape index (κ1) is 35.8. The maximum Gasteiger partial charge on any atom is 0.307 e. The van der Waals surface area contributed by atoms with Crippen molar-refractivity contribution in [3.05, 3.63) is 0 Å². The molecule has 0 aliphatic carbocycles. The Morgan fingerprint density at radius 3 is 1.84 bits per heavy atom. The third-order valence-corrected chi connectivity index (χ3v) is 24.3. The van der Waals surface area contributed by atoms with E-state index >= 15 is 0 Å². The van der Waals surface area contributed by atoms with Crippen molar-refractivity contribution in [2.24, 2.45) is 15.7 Å². The summed E-state index contributed by atoms with van der Waals surface area (Å²) in [5.74, 6) is -3.74. The van der Waals surface area contributed by atoms with E-state index in [1.807, 2.05) is 0 Å². The second-order valence-electron chi connectivity index (χ2n) is 17.3. The minimum Gasteiger partial charge on any atom is -0.414 e. The number of carbonyl (C=O) groups excluding carboxylic acids is 1. The van der Waals surface area contributed by atoms with Gasteiger partial charge in [0, 0.05) is 6.92 Å². The molecule has 4 heterocycles. The van der Waals surface area contributed by atoms with Crippen LogP contribution >= 0.6 is 0 Å². The van der Waals surface area contributed by atoms with E-state index in [1.165, 1.54) is 0 Å². The Morgan fingerprint density at radius 2 is 1.34 bits per heavy atom. The van der Waals surface area contributed by atoms with E-state index in [4.69, 9.17) is 33.5 Å². The molecule has 4 aliphatic heterocycles. The van der Waals surface area contributed by atoms with Crippen LogP contribution in [0.25, 0.3) is 0 Å². The van der Waals surface area contributed by atoms with Crippen molar-refractivity contribution in [3.8, 4) is 0 Å². The molecule has 0 aromatic heterocycles. The lowest BCUT2D eigenvalue weighted by Gasteiger charge is -2.45. The van der Waals surface area contributed by atoms with Gasteiger partial charge in [-0.2, -0.15) is 19.7 Å². The highest BCUT2D eigenvalue weighted by molar-refractivity contribution is 6.75. The zero-order valence-electron chi connectivity index (χ0n) is 29.8. The summed E-state index contributed by atoms with van der Waals surface area (Å²) < 4.78 is 28.3. The number of rotatable bonds is 8. The number of hydrogen-bond acceptors (Lipinski definition) is 11. The van der Waals surface area contributed by atoms with Crippen LogP contribution in [-0.2, 0) is 32.6 Å². The maximum atomic E-state index is 13.1. The predicted molar refractivity (Wildman–Crippen MR) is 178 cm³/mol. The van der Waals surface area contributed by atoms with E-state index in [2.05, 4.69) is 117 Å². The lowest BCUT2D eigenvalue weighted by atomic mass is 10.1. The molecule has 15 heteroatoms. The van der Waals surface area contributed by atoms with Crippen molar-refractivity contribution in [1.82, 2.24) is 10.2 Å². The van der Waals surface area contributed by atoms with Crippen LogP contribution in [0.5, 0.6) is 0 Å². The second kappa shape index (κ2) is 10.8. The first-order valence-corrected chi connectivity index (χ1v) is 24.4. The van der Waals surface area contributed by atoms with Crippen molar-refractivity contribution in [2.45, 2.75) is 160 Å². The first-order chi connectivity index (χ1) is 19.6. The number of nitrogens with zero attached hydrogens (tertiary/aromatic N) is 3. The van der Waals surface area contributed by atoms with E-state index in [1.54, 1.807) is 11.8 Å². The molecule has 2 bridgehead atoms. The number of nitrogens with one attached hydrogen (secondary N) is 1. The van der Waals surface area contributed by atoms with Gasteiger partial charge in [-0.1, -0.05) is 62.3 Å². The molecule has 1 spiro atoms. The van der Waals surface area contributed by atoms with E-state index in [0.29, 0.717) is 6.61 Å². The minimum absolute atomic E-state index is 0.00442. The van der Waals surface area contributed by atoms with Crippen molar-refractivity contribution in [3.63, 3.8) is 0 Å². The van der Waals surface area contributed by atoms with E-state index < -0.39 is 67.1 Å². The van der Waals surface area contributed by atoms with Crippen LogP contribution in [0.1, 0.15) is 69.2 Å². The number of ether oxygens (including phenoxy) is 1. The summed E-state index contributed by atoms with van der Waals surface area (Å²) in [5, 5.41) is 2.36. The Bertz CT molecular complexity index is 1220. The summed E-state index contributed by atoms with van der Waals surface area (Å²) in [5.41, 5.74) is 6.13. The number of aliphatic imine (C=N–C) groups is 2. The van der Waals surface area contributed by atoms with Crippen LogP contribution in [0.3, 0.4) is 0 Å². The normalized spacial score (nSPS) is 33.8. The number of guanidine groups is 1. The molecule has 4 aliphatic rings. The molecule has 0 unspecified atom stereocenters. The lowest BCUT2D eigenvalue weighted by Crippen LogP contribution is -2.65. The molecule has 44 heavy (non-hydrogen) atoms. The number of carbonyl (C=O) groups is 1. The molecule has 0 aromatic rings. The van der Waals surface area contributed by atoms with Crippen molar-refractivity contribution in [1.29, 1.82) is 0 Å². The largest absolute Gasteiger partial charge is 0.414 e. The van der Waals surface area contributed by atoms with Gasteiger partial charge in [-0.3, -0.25) is 10.1 Å². The SMILES string of the molecule is CC(C)(C)[Si](C)(C)OC[C@H]1O[C@@H](N2[C@]3(C)N=C4C(=O)NC(N)=N[C@@]42OO3)[C@H](O[Si](C)(C)C(C)(C)C)[C@@H]1O[Si](C)(C)C(C)(C)C. The van der Waals surface area contributed by atoms with Gasteiger partial charge in [0.1, 0.15) is 24.5 Å². The van der Waals surface area contributed by atoms with Gasteiger partial charge in [-0.15, -0.1) is 0 Å². The van der Waals surface area contributed by atoms with Gasteiger partial charge in [0.15, 0.2) is 36.6 Å². The Morgan fingerprint density at radius 1 is 0.841 bits per heavy atom.